The first-order valence-corrected chi connectivity index (χ1v) is 6.13. The van der Waals surface area contributed by atoms with Gasteiger partial charge in [-0.3, -0.25) is 0 Å². The molecule has 0 radical (unpaired) electrons. The lowest BCUT2D eigenvalue weighted by molar-refractivity contribution is 0.265. The maximum atomic E-state index is 9.44. The van der Waals surface area contributed by atoms with E-state index in [4.69, 9.17) is 0 Å². The van der Waals surface area contributed by atoms with Crippen LogP contribution < -0.4 is 0 Å². The van der Waals surface area contributed by atoms with Gasteiger partial charge in [-0.1, -0.05) is 25.8 Å². The zero-order chi connectivity index (χ0) is 10.0. The minimum Gasteiger partial charge on any atom is -0.197 e. The molecule has 0 aromatic carbocycles. The second-order valence-electron chi connectivity index (χ2n) is 4.21. The average Bonchev–Trinajstić information content (AvgIpc) is 2.72. The Hall–Kier alpha value is -0.810. The summed E-state index contributed by atoms with van der Waals surface area (Å²) in [5.74, 6) is 0.514. The molecule has 1 aliphatic carbocycles. The first kappa shape index (κ1) is 9.73. The third-order valence-electron chi connectivity index (χ3n) is 3.46. The number of nitrogens with zero attached hydrogens (tertiary/aromatic N) is 1. The Morgan fingerprint density at radius 1 is 1.57 bits per heavy atom. The van der Waals surface area contributed by atoms with E-state index < -0.39 is 0 Å². The van der Waals surface area contributed by atoms with Crippen LogP contribution in [0.5, 0.6) is 0 Å². The van der Waals surface area contributed by atoms with Crippen molar-refractivity contribution >= 4 is 11.3 Å². The van der Waals surface area contributed by atoms with Crippen molar-refractivity contribution in [1.29, 1.82) is 5.26 Å². The normalized spacial score (nSPS) is 32.4. The van der Waals surface area contributed by atoms with Gasteiger partial charge in [0.2, 0.25) is 0 Å². The molecule has 1 aromatic heterocycles. The minimum atomic E-state index is -0.174. The summed E-state index contributed by atoms with van der Waals surface area (Å²) in [7, 11) is 0. The van der Waals surface area contributed by atoms with Gasteiger partial charge in [0.1, 0.15) is 0 Å². The van der Waals surface area contributed by atoms with E-state index in [9.17, 15) is 5.26 Å². The first-order chi connectivity index (χ1) is 6.79. The number of nitriles is 1. The van der Waals surface area contributed by atoms with E-state index >= 15 is 0 Å². The minimum absolute atomic E-state index is 0.174. The fraction of sp³-hybridized carbons (Fsp3) is 0.583. The SMILES string of the molecule is C[C@H]1CCCC[C@@]1(C#N)c1cccs1. The lowest BCUT2D eigenvalue weighted by Crippen LogP contribution is -2.34. The molecule has 0 spiro atoms. The molecular weight excluding hydrogens is 190 g/mol. The van der Waals surface area contributed by atoms with Crippen LogP contribution in [0, 0.1) is 17.2 Å². The Morgan fingerprint density at radius 3 is 3.00 bits per heavy atom. The molecule has 2 atom stereocenters. The van der Waals surface area contributed by atoms with Crippen LogP contribution in [0.4, 0.5) is 0 Å². The maximum absolute atomic E-state index is 9.44. The van der Waals surface area contributed by atoms with Gasteiger partial charge >= 0.3 is 0 Å². The second-order valence-corrected chi connectivity index (χ2v) is 5.15. The molecule has 0 aliphatic heterocycles. The summed E-state index contributed by atoms with van der Waals surface area (Å²) in [4.78, 5) is 1.27. The molecule has 0 unspecified atom stereocenters. The largest absolute Gasteiger partial charge is 0.197 e. The standard InChI is InChI=1S/C12H15NS/c1-10-5-2-3-7-12(10,9-13)11-6-4-8-14-11/h4,6,8,10H,2-3,5,7H2,1H3/t10-,12-/m0/s1. The van der Waals surface area contributed by atoms with Crippen molar-refractivity contribution in [2.24, 2.45) is 5.92 Å². The fourth-order valence-corrected chi connectivity index (χ4v) is 3.49. The Kier molecular flexibility index (Phi) is 2.60. The molecule has 74 valence electrons. The highest BCUT2D eigenvalue weighted by molar-refractivity contribution is 7.10. The van der Waals surface area contributed by atoms with Crippen LogP contribution in [0.2, 0.25) is 0 Å². The second kappa shape index (κ2) is 3.74. The van der Waals surface area contributed by atoms with Crippen molar-refractivity contribution in [2.75, 3.05) is 0 Å². The summed E-state index contributed by atoms with van der Waals surface area (Å²) in [6, 6.07) is 6.76. The number of hydrogen-bond acceptors (Lipinski definition) is 2. The van der Waals surface area contributed by atoms with E-state index in [1.807, 2.05) is 0 Å². The predicted octanol–water partition coefficient (Wildman–Crippen LogP) is 3.72. The molecule has 1 aliphatic rings. The van der Waals surface area contributed by atoms with Gasteiger partial charge in [0.15, 0.2) is 0 Å². The van der Waals surface area contributed by atoms with Crippen LogP contribution in [-0.4, -0.2) is 0 Å². The Labute approximate surface area is 89.4 Å². The zero-order valence-electron chi connectivity index (χ0n) is 8.49. The van der Waals surface area contributed by atoms with Crippen LogP contribution in [0.3, 0.4) is 0 Å². The summed E-state index contributed by atoms with van der Waals surface area (Å²) in [5, 5.41) is 11.5. The van der Waals surface area contributed by atoms with E-state index in [-0.39, 0.29) is 5.41 Å². The van der Waals surface area contributed by atoms with Gasteiger partial charge in [0.05, 0.1) is 11.5 Å². The van der Waals surface area contributed by atoms with E-state index in [1.165, 1.54) is 24.1 Å². The van der Waals surface area contributed by atoms with Gasteiger partial charge in [-0.2, -0.15) is 5.26 Å². The molecule has 1 nitrogen and oxygen atoms in total. The average molecular weight is 205 g/mol. The topological polar surface area (TPSA) is 23.8 Å². The fourth-order valence-electron chi connectivity index (χ4n) is 2.47. The summed E-state index contributed by atoms with van der Waals surface area (Å²) in [6.07, 6.45) is 4.74. The lowest BCUT2D eigenvalue weighted by Gasteiger charge is -2.36. The van der Waals surface area contributed by atoms with Crippen molar-refractivity contribution in [3.8, 4) is 6.07 Å². The third-order valence-corrected chi connectivity index (χ3v) is 4.51. The van der Waals surface area contributed by atoms with Gasteiger partial charge in [-0.05, 0) is 30.2 Å². The molecule has 2 heteroatoms. The number of rotatable bonds is 1. The highest BCUT2D eigenvalue weighted by Gasteiger charge is 2.40. The van der Waals surface area contributed by atoms with Gasteiger partial charge in [-0.25, -0.2) is 0 Å². The molecule has 1 aromatic rings. The molecule has 1 fully saturated rings. The third kappa shape index (κ3) is 1.36. The molecular formula is C12H15NS. The van der Waals surface area contributed by atoms with Crippen LogP contribution in [0.25, 0.3) is 0 Å². The Morgan fingerprint density at radius 2 is 2.43 bits per heavy atom. The van der Waals surface area contributed by atoms with E-state index in [2.05, 4.69) is 30.5 Å². The molecule has 0 amide bonds. The Balaban J connectivity index is 2.38. The molecule has 1 heterocycles. The summed E-state index contributed by atoms with van der Waals surface area (Å²) in [6.45, 7) is 2.22. The monoisotopic (exact) mass is 205 g/mol. The highest BCUT2D eigenvalue weighted by atomic mass is 32.1. The molecule has 0 bridgehead atoms. The summed E-state index contributed by atoms with van der Waals surface area (Å²) < 4.78 is 0. The van der Waals surface area contributed by atoms with Gasteiger partial charge < -0.3 is 0 Å². The van der Waals surface area contributed by atoms with E-state index in [1.54, 1.807) is 11.3 Å². The molecule has 0 N–H and O–H groups in total. The van der Waals surface area contributed by atoms with E-state index in [0.717, 1.165) is 6.42 Å². The van der Waals surface area contributed by atoms with Crippen molar-refractivity contribution in [1.82, 2.24) is 0 Å². The van der Waals surface area contributed by atoms with Gasteiger partial charge in [-0.15, -0.1) is 11.3 Å². The molecule has 0 saturated heterocycles. The lowest BCUT2D eigenvalue weighted by atomic mass is 9.67. The molecule has 2 rings (SSSR count). The summed E-state index contributed by atoms with van der Waals surface area (Å²) in [5.41, 5.74) is -0.174. The summed E-state index contributed by atoms with van der Waals surface area (Å²) >= 11 is 1.73. The van der Waals surface area contributed by atoms with Gasteiger partial charge in [0.25, 0.3) is 0 Å². The molecule has 14 heavy (non-hydrogen) atoms. The first-order valence-electron chi connectivity index (χ1n) is 5.25. The smallest absolute Gasteiger partial charge is 0.0940 e. The van der Waals surface area contributed by atoms with Crippen LogP contribution >= 0.6 is 11.3 Å². The van der Waals surface area contributed by atoms with Gasteiger partial charge in [0, 0.05) is 4.88 Å². The Bertz CT molecular complexity index is 336. The zero-order valence-corrected chi connectivity index (χ0v) is 9.31. The number of hydrogen-bond donors (Lipinski definition) is 0. The number of thiophene rings is 1. The van der Waals surface area contributed by atoms with Crippen LogP contribution in [0.1, 0.15) is 37.5 Å². The van der Waals surface area contributed by atoms with E-state index in [0.29, 0.717) is 5.92 Å². The molecule has 1 saturated carbocycles. The highest BCUT2D eigenvalue weighted by Crippen LogP contribution is 2.44. The van der Waals surface area contributed by atoms with Crippen LogP contribution in [-0.2, 0) is 5.41 Å². The van der Waals surface area contributed by atoms with Crippen molar-refractivity contribution in [3.05, 3.63) is 22.4 Å². The quantitative estimate of drug-likeness (QED) is 0.685. The van der Waals surface area contributed by atoms with Crippen LogP contribution in [0.15, 0.2) is 17.5 Å². The predicted molar refractivity (Wildman–Crippen MR) is 59.2 cm³/mol. The van der Waals surface area contributed by atoms with Crippen molar-refractivity contribution < 1.29 is 0 Å². The van der Waals surface area contributed by atoms with Crippen molar-refractivity contribution in [3.63, 3.8) is 0 Å². The van der Waals surface area contributed by atoms with Crippen molar-refractivity contribution in [2.45, 2.75) is 38.0 Å². The maximum Gasteiger partial charge on any atom is 0.0940 e.